The van der Waals surface area contributed by atoms with Gasteiger partial charge in [0.25, 0.3) is 6.71 Å². The van der Waals surface area contributed by atoms with Crippen molar-refractivity contribution in [3.8, 4) is 44.9 Å². The van der Waals surface area contributed by atoms with Crippen molar-refractivity contribution in [1.82, 2.24) is 9.13 Å². The average molecular weight is 1020 g/mol. The smallest absolute Gasteiger partial charge is 0.253 e. The van der Waals surface area contributed by atoms with Gasteiger partial charge in [-0.3, -0.25) is 0 Å². The molecule has 380 valence electrons. The molecule has 13 aromatic rings. The first-order chi connectivity index (χ1) is 38.8. The van der Waals surface area contributed by atoms with Crippen LogP contribution in [0.2, 0.25) is 0 Å². The normalized spacial score (nSPS) is 14.1. The van der Waals surface area contributed by atoms with Crippen LogP contribution in [0.25, 0.3) is 88.4 Å². The van der Waals surface area contributed by atoms with Crippen LogP contribution in [0, 0.1) is 27.7 Å². The SMILES string of the molecule is Cc1ccc(-c2c(-c3ccc(C)cc3)n3c4c(c5ccccc5cc24)B2c4c-3ccc3c4-n4c5c2cc(C(C)(C)c2ccccc2)cc5c2cc(C(C)(C)c5ccccc5)cc(c24)C32c3cc(C)ccc3-c3ccc(C)cc32)cc1. The monoisotopic (exact) mass is 1020 g/mol. The molecule has 11 aromatic carbocycles. The number of aryl methyl sites for hydroxylation is 4. The van der Waals surface area contributed by atoms with E-state index in [1.54, 1.807) is 0 Å². The van der Waals surface area contributed by atoms with E-state index in [1.807, 2.05) is 0 Å². The first-order valence-corrected chi connectivity index (χ1v) is 28.8. The molecule has 0 atom stereocenters. The quantitative estimate of drug-likeness (QED) is 0.147. The second kappa shape index (κ2) is 15.7. The summed E-state index contributed by atoms with van der Waals surface area (Å²) in [5.74, 6) is 0. The van der Waals surface area contributed by atoms with Gasteiger partial charge in [0.15, 0.2) is 0 Å². The van der Waals surface area contributed by atoms with E-state index >= 15 is 0 Å². The number of fused-ring (bicyclic) bond motifs is 13. The first-order valence-electron chi connectivity index (χ1n) is 28.8. The lowest BCUT2D eigenvalue weighted by Gasteiger charge is -2.45. The van der Waals surface area contributed by atoms with Crippen LogP contribution in [0.5, 0.6) is 0 Å². The second-order valence-corrected chi connectivity index (χ2v) is 25.1. The second-order valence-electron chi connectivity index (χ2n) is 25.1. The number of hydrogen-bond acceptors (Lipinski definition) is 0. The van der Waals surface area contributed by atoms with Gasteiger partial charge in [-0.2, -0.15) is 0 Å². The zero-order chi connectivity index (χ0) is 53.9. The Hall–Kier alpha value is -8.92. The van der Waals surface area contributed by atoms with Gasteiger partial charge in [-0.25, -0.2) is 0 Å². The number of nitrogens with zero attached hydrogens (tertiary/aromatic N) is 2. The van der Waals surface area contributed by atoms with Gasteiger partial charge >= 0.3 is 0 Å². The van der Waals surface area contributed by atoms with Gasteiger partial charge in [0, 0.05) is 49.4 Å². The summed E-state index contributed by atoms with van der Waals surface area (Å²) in [7, 11) is 0. The molecule has 0 unspecified atom stereocenters. The molecule has 0 N–H and O–H groups in total. The topological polar surface area (TPSA) is 9.86 Å². The summed E-state index contributed by atoms with van der Waals surface area (Å²) in [5, 5.41) is 6.52. The third-order valence-corrected chi connectivity index (χ3v) is 19.9. The van der Waals surface area contributed by atoms with Gasteiger partial charge in [-0.05, 0) is 146 Å². The zero-order valence-electron chi connectivity index (χ0n) is 46.7. The van der Waals surface area contributed by atoms with E-state index in [4.69, 9.17) is 0 Å². The molecular weight excluding hydrogens is 964 g/mol. The lowest BCUT2D eigenvalue weighted by molar-refractivity contribution is 0.637. The Labute approximate surface area is 468 Å². The molecule has 1 aliphatic carbocycles. The highest BCUT2D eigenvalue weighted by Crippen LogP contribution is 2.63. The Morgan fingerprint density at radius 3 is 1.55 bits per heavy atom. The van der Waals surface area contributed by atoms with Crippen LogP contribution in [0.3, 0.4) is 0 Å². The first kappa shape index (κ1) is 46.0. The van der Waals surface area contributed by atoms with Crippen molar-refractivity contribution in [2.24, 2.45) is 0 Å². The molecule has 17 rings (SSSR count). The molecule has 0 saturated carbocycles. The lowest BCUT2D eigenvalue weighted by Crippen LogP contribution is -2.61. The summed E-state index contributed by atoms with van der Waals surface area (Å²) in [4.78, 5) is 0. The Kier molecular flexibility index (Phi) is 9.02. The summed E-state index contributed by atoms with van der Waals surface area (Å²) in [6.07, 6.45) is 0. The highest BCUT2D eigenvalue weighted by molar-refractivity contribution is 7.01. The molecular formula is C77H59BN2. The number of benzene rings is 11. The van der Waals surface area contributed by atoms with E-state index in [-0.39, 0.29) is 17.5 Å². The van der Waals surface area contributed by atoms with E-state index in [2.05, 4.69) is 277 Å². The average Bonchev–Trinajstić information content (AvgIpc) is 4.30. The van der Waals surface area contributed by atoms with E-state index in [0.717, 1.165) is 0 Å². The van der Waals surface area contributed by atoms with E-state index < -0.39 is 5.41 Å². The Bertz CT molecular complexity index is 4840. The Morgan fingerprint density at radius 1 is 0.375 bits per heavy atom. The number of rotatable bonds is 6. The van der Waals surface area contributed by atoms with Crippen LogP contribution in [-0.4, -0.2) is 15.8 Å². The molecule has 4 aliphatic rings. The predicted octanol–water partition coefficient (Wildman–Crippen LogP) is 16.9. The maximum Gasteiger partial charge on any atom is 0.253 e. The Morgan fingerprint density at radius 2 is 0.925 bits per heavy atom. The molecule has 2 aromatic heterocycles. The van der Waals surface area contributed by atoms with Gasteiger partial charge in [-0.15, -0.1) is 0 Å². The molecule has 0 saturated heterocycles. The minimum absolute atomic E-state index is 0.104. The maximum atomic E-state index is 2.80. The highest BCUT2D eigenvalue weighted by atomic mass is 15.1. The van der Waals surface area contributed by atoms with Crippen molar-refractivity contribution in [3.05, 3.63) is 279 Å². The predicted molar refractivity (Wildman–Crippen MR) is 338 cm³/mol. The van der Waals surface area contributed by atoms with E-state index in [9.17, 15) is 0 Å². The molecule has 0 bridgehead atoms. The fourth-order valence-corrected chi connectivity index (χ4v) is 15.8. The lowest BCUT2D eigenvalue weighted by atomic mass is 9.33. The summed E-state index contributed by atoms with van der Waals surface area (Å²) < 4.78 is 5.53. The van der Waals surface area contributed by atoms with Crippen molar-refractivity contribution in [2.45, 2.75) is 71.6 Å². The molecule has 5 heterocycles. The molecule has 0 radical (unpaired) electrons. The summed E-state index contributed by atoms with van der Waals surface area (Å²) in [6, 6.07) is 83.2. The maximum absolute atomic E-state index is 2.80. The van der Waals surface area contributed by atoms with Gasteiger partial charge in [0.2, 0.25) is 0 Å². The molecule has 80 heavy (non-hydrogen) atoms. The van der Waals surface area contributed by atoms with Crippen molar-refractivity contribution in [3.63, 3.8) is 0 Å². The highest BCUT2D eigenvalue weighted by Gasteiger charge is 2.55. The minimum atomic E-state index is -0.648. The zero-order valence-corrected chi connectivity index (χ0v) is 46.7. The standard InChI is InChI=1S/C77H59BN2/c1-44-23-29-48(30-24-44)67-60-39-50-17-15-16-22-55(50)68-73(60)79(70(67)49-31-25-45(2)26-32-49)66-36-35-61-74-69(66)78(68)65-43-54(76(7,8)52-20-13-10-14-21-52)41-59-58-40-53(75(5,6)51-18-11-9-12-19-51)42-64(71(58)80(74)72(59)65)77(61)62-37-46(3)27-33-56(62)57-34-28-47(4)38-63(57)77/h9-43H,1-8H3. The van der Waals surface area contributed by atoms with Gasteiger partial charge in [-0.1, -0.05) is 238 Å². The molecule has 0 amide bonds. The largest absolute Gasteiger partial charge is 0.310 e. The van der Waals surface area contributed by atoms with E-state index in [1.165, 1.54) is 172 Å². The van der Waals surface area contributed by atoms with E-state index in [0.29, 0.717) is 0 Å². The summed E-state index contributed by atoms with van der Waals surface area (Å²) in [5.41, 5.74) is 32.9. The van der Waals surface area contributed by atoms with Crippen LogP contribution < -0.4 is 16.4 Å². The molecule has 3 aliphatic heterocycles. The fraction of sp³-hybridized carbons (Fsp3) is 0.143. The van der Waals surface area contributed by atoms with Crippen molar-refractivity contribution >= 4 is 66.6 Å². The van der Waals surface area contributed by atoms with Gasteiger partial charge < -0.3 is 9.13 Å². The van der Waals surface area contributed by atoms with Crippen LogP contribution in [0.4, 0.5) is 0 Å². The molecule has 1 spiro atoms. The molecule has 2 nitrogen and oxygen atoms in total. The summed E-state index contributed by atoms with van der Waals surface area (Å²) in [6.45, 7) is 18.7. The van der Waals surface area contributed by atoms with Crippen molar-refractivity contribution in [2.75, 3.05) is 0 Å². The van der Waals surface area contributed by atoms with Crippen molar-refractivity contribution < 1.29 is 0 Å². The number of aromatic nitrogens is 2. The fourth-order valence-electron chi connectivity index (χ4n) is 15.8. The molecule has 0 fully saturated rings. The Balaban J connectivity index is 1.14. The summed E-state index contributed by atoms with van der Waals surface area (Å²) >= 11 is 0. The van der Waals surface area contributed by atoms with Crippen molar-refractivity contribution in [1.29, 1.82) is 0 Å². The third kappa shape index (κ3) is 5.70. The van der Waals surface area contributed by atoms with Gasteiger partial charge in [0.05, 0.1) is 22.1 Å². The molecule has 3 heteroatoms. The number of hydrogen-bond donors (Lipinski definition) is 0. The minimum Gasteiger partial charge on any atom is -0.310 e. The third-order valence-electron chi connectivity index (χ3n) is 19.9. The van der Waals surface area contributed by atoms with Crippen LogP contribution in [-0.2, 0) is 16.2 Å². The van der Waals surface area contributed by atoms with Crippen LogP contribution in [0.15, 0.2) is 212 Å². The van der Waals surface area contributed by atoms with Crippen LogP contribution >= 0.6 is 0 Å². The van der Waals surface area contributed by atoms with Crippen LogP contribution in [0.1, 0.15) is 94.5 Å². The van der Waals surface area contributed by atoms with Gasteiger partial charge in [0.1, 0.15) is 0 Å².